The average molecular weight is 516 g/mol. The van der Waals surface area contributed by atoms with Crippen LogP contribution in [-0.2, 0) is 11.3 Å². The molecule has 0 fully saturated rings. The minimum Gasteiger partial charge on any atom is -0.480 e. The first-order valence-corrected chi connectivity index (χ1v) is 11.7. The highest BCUT2D eigenvalue weighted by Gasteiger charge is 2.20. The quantitative estimate of drug-likeness (QED) is 0.261. The molecule has 13 heteroatoms. The molecular weight excluding hydrogens is 503 g/mol. The van der Waals surface area contributed by atoms with Gasteiger partial charge in [-0.2, -0.15) is 0 Å². The van der Waals surface area contributed by atoms with Gasteiger partial charge in [0.2, 0.25) is 0 Å². The third kappa shape index (κ3) is 4.93. The van der Waals surface area contributed by atoms with Crippen LogP contribution in [0.25, 0.3) is 21.9 Å². The number of carboxylic acids is 1. The summed E-state index contributed by atoms with van der Waals surface area (Å²) in [7, 11) is 0. The number of aliphatic carboxylic acids is 1. The number of thiazole rings is 1. The van der Waals surface area contributed by atoms with Gasteiger partial charge in [-0.05, 0) is 24.1 Å². The molecule has 0 saturated heterocycles. The van der Waals surface area contributed by atoms with Crippen molar-refractivity contribution >= 4 is 74.3 Å². The highest BCUT2D eigenvalue weighted by molar-refractivity contribution is 8.02. The van der Waals surface area contributed by atoms with Crippen molar-refractivity contribution in [1.29, 1.82) is 0 Å². The Morgan fingerprint density at radius 1 is 1.23 bits per heavy atom. The van der Waals surface area contributed by atoms with Crippen LogP contribution in [0.5, 0.6) is 0 Å². The molecule has 1 unspecified atom stereocenters. The summed E-state index contributed by atoms with van der Waals surface area (Å²) in [6.45, 7) is 2.22. The molecule has 1 aromatic carbocycles. The Labute approximate surface area is 199 Å². The molecule has 3 heterocycles. The van der Waals surface area contributed by atoms with E-state index in [0.29, 0.717) is 54.2 Å². The number of hydrogen-bond donors (Lipinski definition) is 1. The largest absolute Gasteiger partial charge is 0.480 e. The van der Waals surface area contributed by atoms with Gasteiger partial charge in [-0.3, -0.25) is 4.79 Å². The zero-order chi connectivity index (χ0) is 22.1. The van der Waals surface area contributed by atoms with Gasteiger partial charge in [0.05, 0.1) is 34.0 Å². The minimum absolute atomic E-state index is 0.311. The highest BCUT2D eigenvalue weighted by Crippen LogP contribution is 2.33. The summed E-state index contributed by atoms with van der Waals surface area (Å²) in [6.07, 6.45) is 3.80. The molecule has 1 atom stereocenters. The maximum atomic E-state index is 11.3. The fourth-order valence-electron chi connectivity index (χ4n) is 2.69. The molecule has 0 aliphatic carbocycles. The Bertz CT molecular complexity index is 1260. The molecule has 0 radical (unpaired) electrons. The molecule has 0 spiro atoms. The standard InChI is InChI=1S/C18H13Cl3N6O2S2/c1-2-13(17(28)29)30-18-24-15-16(31-18)23-11(5-22-15)12-7-27(26-25-12)6-8-3-9(19)14(21)10(20)4-8/h3-5,7,13H,2,6H2,1H3,(H,28,29). The molecule has 0 bridgehead atoms. The molecule has 160 valence electrons. The lowest BCUT2D eigenvalue weighted by molar-refractivity contribution is -0.136. The van der Waals surface area contributed by atoms with Gasteiger partial charge < -0.3 is 5.11 Å². The number of hydrogen-bond acceptors (Lipinski definition) is 8. The molecule has 8 nitrogen and oxygen atoms in total. The normalized spacial score (nSPS) is 12.4. The molecule has 0 amide bonds. The molecule has 0 aliphatic heterocycles. The average Bonchev–Trinajstić information content (AvgIpc) is 3.35. The predicted molar refractivity (Wildman–Crippen MR) is 122 cm³/mol. The SMILES string of the molecule is CCC(Sc1nc2ncc(-c3cn(Cc4cc(Cl)c(Cl)c(Cl)c4)nn3)nc2s1)C(=O)O. The number of thioether (sulfide) groups is 1. The number of benzene rings is 1. The zero-order valence-corrected chi connectivity index (χ0v) is 19.7. The first kappa shape index (κ1) is 22.2. The van der Waals surface area contributed by atoms with Crippen molar-refractivity contribution in [3.8, 4) is 11.4 Å². The monoisotopic (exact) mass is 514 g/mol. The van der Waals surface area contributed by atoms with Crippen LogP contribution < -0.4 is 0 Å². The van der Waals surface area contributed by atoms with E-state index in [0.717, 1.165) is 5.56 Å². The first-order valence-electron chi connectivity index (χ1n) is 8.91. The Morgan fingerprint density at radius 2 is 1.97 bits per heavy atom. The second kappa shape index (κ2) is 9.25. The van der Waals surface area contributed by atoms with Gasteiger partial charge in [0.1, 0.15) is 16.6 Å². The van der Waals surface area contributed by atoms with Gasteiger partial charge in [0, 0.05) is 0 Å². The van der Waals surface area contributed by atoms with Gasteiger partial charge >= 0.3 is 5.97 Å². The number of nitrogens with zero attached hydrogens (tertiary/aromatic N) is 6. The summed E-state index contributed by atoms with van der Waals surface area (Å²) >= 11 is 20.7. The van der Waals surface area contributed by atoms with E-state index in [-0.39, 0.29) is 0 Å². The maximum absolute atomic E-state index is 11.3. The van der Waals surface area contributed by atoms with Gasteiger partial charge in [0.25, 0.3) is 0 Å². The van der Waals surface area contributed by atoms with Crippen LogP contribution in [0.2, 0.25) is 15.1 Å². The molecule has 0 saturated carbocycles. The number of fused-ring (bicyclic) bond motifs is 1. The van der Waals surface area contributed by atoms with Crippen LogP contribution in [0.3, 0.4) is 0 Å². The Balaban J connectivity index is 1.55. The summed E-state index contributed by atoms with van der Waals surface area (Å²) in [5, 5.41) is 18.0. The first-order chi connectivity index (χ1) is 14.8. The predicted octanol–water partition coefficient (Wildman–Crippen LogP) is 5.31. The Kier molecular flexibility index (Phi) is 6.63. The van der Waals surface area contributed by atoms with Gasteiger partial charge in [-0.1, -0.05) is 70.0 Å². The van der Waals surface area contributed by atoms with E-state index in [1.165, 1.54) is 23.1 Å². The van der Waals surface area contributed by atoms with Crippen molar-refractivity contribution in [1.82, 2.24) is 29.9 Å². The number of rotatable bonds is 7. The van der Waals surface area contributed by atoms with Crippen LogP contribution in [0.15, 0.2) is 28.9 Å². The third-order valence-corrected chi connectivity index (χ3v) is 7.76. The number of carboxylic acid groups (broad SMARTS) is 1. The van der Waals surface area contributed by atoms with E-state index >= 15 is 0 Å². The second-order valence-electron chi connectivity index (χ2n) is 6.39. The maximum Gasteiger partial charge on any atom is 0.317 e. The molecule has 31 heavy (non-hydrogen) atoms. The Hall–Kier alpha value is -1.98. The molecular formula is C18H13Cl3N6O2S2. The van der Waals surface area contributed by atoms with E-state index in [9.17, 15) is 9.90 Å². The van der Waals surface area contributed by atoms with Crippen LogP contribution in [0.1, 0.15) is 18.9 Å². The lowest BCUT2D eigenvalue weighted by Gasteiger charge is -2.05. The van der Waals surface area contributed by atoms with Crippen LogP contribution >= 0.6 is 57.9 Å². The minimum atomic E-state index is -0.867. The van der Waals surface area contributed by atoms with Crippen LogP contribution in [-0.4, -0.2) is 46.3 Å². The smallest absolute Gasteiger partial charge is 0.317 e. The molecule has 1 N–H and O–H groups in total. The van der Waals surface area contributed by atoms with E-state index < -0.39 is 11.2 Å². The lowest BCUT2D eigenvalue weighted by atomic mass is 10.2. The van der Waals surface area contributed by atoms with Crippen molar-refractivity contribution < 1.29 is 9.90 Å². The topological polar surface area (TPSA) is 107 Å². The molecule has 3 aromatic heterocycles. The molecule has 4 aromatic rings. The summed E-state index contributed by atoms with van der Waals surface area (Å²) in [5.41, 5.74) is 2.37. The van der Waals surface area contributed by atoms with Crippen LogP contribution in [0.4, 0.5) is 0 Å². The van der Waals surface area contributed by atoms with Gasteiger partial charge in [-0.25, -0.2) is 19.6 Å². The summed E-state index contributed by atoms with van der Waals surface area (Å²) in [4.78, 5) is 25.1. The highest BCUT2D eigenvalue weighted by atomic mass is 35.5. The lowest BCUT2D eigenvalue weighted by Crippen LogP contribution is -2.14. The molecule has 0 aliphatic rings. The number of carbonyl (C=O) groups is 1. The van der Waals surface area contributed by atoms with Crippen molar-refractivity contribution in [2.45, 2.75) is 29.5 Å². The van der Waals surface area contributed by atoms with E-state index in [4.69, 9.17) is 34.8 Å². The van der Waals surface area contributed by atoms with Gasteiger partial charge in [0.15, 0.2) is 14.8 Å². The number of halogens is 3. The van der Waals surface area contributed by atoms with Gasteiger partial charge in [-0.15, -0.1) is 5.10 Å². The van der Waals surface area contributed by atoms with E-state index in [1.54, 1.807) is 29.2 Å². The summed E-state index contributed by atoms with van der Waals surface area (Å²) in [5.74, 6) is -0.867. The fourth-order valence-corrected chi connectivity index (χ4v) is 5.39. The Morgan fingerprint density at radius 3 is 2.65 bits per heavy atom. The zero-order valence-electron chi connectivity index (χ0n) is 15.8. The number of aromatic nitrogens is 6. The summed E-state index contributed by atoms with van der Waals surface area (Å²) in [6, 6.07) is 3.44. The van der Waals surface area contributed by atoms with E-state index in [1.807, 2.05) is 6.92 Å². The van der Waals surface area contributed by atoms with E-state index in [2.05, 4.69) is 25.3 Å². The molecule has 4 rings (SSSR count). The third-order valence-electron chi connectivity index (χ3n) is 4.18. The van der Waals surface area contributed by atoms with Crippen molar-refractivity contribution in [3.05, 3.63) is 45.2 Å². The van der Waals surface area contributed by atoms with Crippen LogP contribution in [0, 0.1) is 0 Å². The fraction of sp³-hybridized carbons (Fsp3) is 0.222. The van der Waals surface area contributed by atoms with Crippen molar-refractivity contribution in [3.63, 3.8) is 0 Å². The second-order valence-corrected chi connectivity index (χ2v) is 10.0. The van der Waals surface area contributed by atoms with Crippen molar-refractivity contribution in [2.24, 2.45) is 0 Å². The van der Waals surface area contributed by atoms with Crippen molar-refractivity contribution in [2.75, 3.05) is 0 Å². The summed E-state index contributed by atoms with van der Waals surface area (Å²) < 4.78 is 2.24.